The van der Waals surface area contributed by atoms with Gasteiger partial charge in [-0.25, -0.2) is 0 Å². The summed E-state index contributed by atoms with van der Waals surface area (Å²) >= 11 is 0. The van der Waals surface area contributed by atoms with Crippen molar-refractivity contribution < 1.29 is 19.0 Å². The Morgan fingerprint density at radius 3 is 2.36 bits per heavy atom. The van der Waals surface area contributed by atoms with Crippen molar-refractivity contribution in [3.8, 4) is 17.2 Å². The molecular weight excluding hydrogens is 416 g/mol. The van der Waals surface area contributed by atoms with Gasteiger partial charge in [-0.05, 0) is 79.1 Å². The first-order chi connectivity index (χ1) is 16.1. The average molecular weight is 453 g/mol. The summed E-state index contributed by atoms with van der Waals surface area (Å²) in [4.78, 5) is 17.7. The maximum Gasteiger partial charge on any atom is 0.227 e. The van der Waals surface area contributed by atoms with E-state index in [0.717, 1.165) is 62.6 Å². The number of ether oxygens (including phenoxy) is 3. The SMILES string of the molecule is COc1ccc(CCN2CCCC(CN3CCc4cc(OC)c(OC)cc4CC3=O)C2)cc1. The van der Waals surface area contributed by atoms with Crippen LogP contribution in [0.1, 0.15) is 29.5 Å². The molecule has 1 amide bonds. The van der Waals surface area contributed by atoms with Crippen LogP contribution in [0.25, 0.3) is 0 Å². The number of hydrogen-bond donors (Lipinski definition) is 0. The highest BCUT2D eigenvalue weighted by Gasteiger charge is 2.27. The van der Waals surface area contributed by atoms with E-state index in [0.29, 0.717) is 18.1 Å². The van der Waals surface area contributed by atoms with Crippen LogP contribution in [-0.2, 0) is 24.1 Å². The van der Waals surface area contributed by atoms with Crippen molar-refractivity contribution in [1.29, 1.82) is 0 Å². The number of likely N-dealkylation sites (tertiary alicyclic amines) is 1. The van der Waals surface area contributed by atoms with Crippen LogP contribution in [0, 0.1) is 5.92 Å². The van der Waals surface area contributed by atoms with Crippen LogP contribution in [-0.4, -0.2) is 69.8 Å². The largest absolute Gasteiger partial charge is 0.497 e. The molecule has 1 saturated heterocycles. The zero-order valence-corrected chi connectivity index (χ0v) is 20.1. The zero-order valence-electron chi connectivity index (χ0n) is 20.1. The molecule has 0 bridgehead atoms. The normalized spacial score (nSPS) is 19.1. The predicted octanol–water partition coefficient (Wildman–Crippen LogP) is 3.59. The summed E-state index contributed by atoms with van der Waals surface area (Å²) in [7, 11) is 4.99. The molecule has 0 aromatic heterocycles. The van der Waals surface area contributed by atoms with Gasteiger partial charge in [0.15, 0.2) is 11.5 Å². The fourth-order valence-corrected chi connectivity index (χ4v) is 5.10. The molecule has 1 atom stereocenters. The highest BCUT2D eigenvalue weighted by molar-refractivity contribution is 5.80. The summed E-state index contributed by atoms with van der Waals surface area (Å²) in [5.74, 6) is 3.08. The van der Waals surface area contributed by atoms with Crippen molar-refractivity contribution in [2.45, 2.75) is 32.1 Å². The minimum atomic E-state index is 0.219. The maximum absolute atomic E-state index is 13.1. The lowest BCUT2D eigenvalue weighted by atomic mass is 9.96. The van der Waals surface area contributed by atoms with Crippen LogP contribution in [0.15, 0.2) is 36.4 Å². The molecule has 33 heavy (non-hydrogen) atoms. The number of methoxy groups -OCH3 is 3. The monoisotopic (exact) mass is 452 g/mol. The third-order valence-electron chi connectivity index (χ3n) is 7.01. The van der Waals surface area contributed by atoms with Gasteiger partial charge in [0.25, 0.3) is 0 Å². The first-order valence-electron chi connectivity index (χ1n) is 12.0. The van der Waals surface area contributed by atoms with E-state index in [4.69, 9.17) is 14.2 Å². The Balaban J connectivity index is 1.32. The molecular formula is C27H36N2O4. The Kier molecular flexibility index (Phi) is 7.76. The second-order valence-electron chi connectivity index (χ2n) is 9.15. The van der Waals surface area contributed by atoms with Gasteiger partial charge in [0, 0.05) is 26.2 Å². The summed E-state index contributed by atoms with van der Waals surface area (Å²) in [6, 6.07) is 12.4. The molecule has 6 nitrogen and oxygen atoms in total. The van der Waals surface area contributed by atoms with Crippen molar-refractivity contribution >= 4 is 5.91 Å². The Hall–Kier alpha value is -2.73. The van der Waals surface area contributed by atoms with Crippen molar-refractivity contribution in [2.24, 2.45) is 5.92 Å². The van der Waals surface area contributed by atoms with Crippen LogP contribution in [0.4, 0.5) is 0 Å². The Labute approximate surface area is 197 Å². The second kappa shape index (κ2) is 10.9. The van der Waals surface area contributed by atoms with E-state index < -0.39 is 0 Å². The van der Waals surface area contributed by atoms with Crippen LogP contribution in [0.5, 0.6) is 17.2 Å². The molecule has 2 aromatic carbocycles. The molecule has 0 aliphatic carbocycles. The average Bonchev–Trinajstić information content (AvgIpc) is 3.00. The van der Waals surface area contributed by atoms with E-state index in [-0.39, 0.29) is 5.91 Å². The number of carbonyl (C=O) groups is 1. The van der Waals surface area contributed by atoms with Crippen LogP contribution >= 0.6 is 0 Å². The second-order valence-corrected chi connectivity index (χ2v) is 9.15. The topological polar surface area (TPSA) is 51.2 Å². The molecule has 0 saturated carbocycles. The van der Waals surface area contributed by atoms with Crippen molar-refractivity contribution in [3.05, 3.63) is 53.1 Å². The summed E-state index contributed by atoms with van der Waals surface area (Å²) in [6.07, 6.45) is 4.72. The highest BCUT2D eigenvalue weighted by Crippen LogP contribution is 2.32. The standard InChI is InChI=1S/C27H36N2O4/c1-31-24-8-6-20(7-9-24)10-13-28-12-4-5-21(18-28)19-29-14-11-22-15-25(32-2)26(33-3)16-23(22)17-27(29)30/h6-9,15-16,21H,4-5,10-14,17-19H2,1-3H3. The summed E-state index contributed by atoms with van der Waals surface area (Å²) in [5.41, 5.74) is 3.59. The number of hydrogen-bond acceptors (Lipinski definition) is 5. The van der Waals surface area contributed by atoms with E-state index in [1.54, 1.807) is 21.3 Å². The minimum Gasteiger partial charge on any atom is -0.497 e. The molecule has 2 aliphatic rings. The molecule has 0 spiro atoms. The van der Waals surface area contributed by atoms with Gasteiger partial charge in [-0.1, -0.05) is 12.1 Å². The number of benzene rings is 2. The Morgan fingerprint density at radius 2 is 1.67 bits per heavy atom. The highest BCUT2D eigenvalue weighted by atomic mass is 16.5. The third kappa shape index (κ3) is 5.80. The van der Waals surface area contributed by atoms with Crippen molar-refractivity contribution in [1.82, 2.24) is 9.80 Å². The van der Waals surface area contributed by atoms with Gasteiger partial charge in [-0.3, -0.25) is 4.79 Å². The van der Waals surface area contributed by atoms with Gasteiger partial charge in [-0.15, -0.1) is 0 Å². The lowest BCUT2D eigenvalue weighted by Gasteiger charge is -2.35. The smallest absolute Gasteiger partial charge is 0.227 e. The predicted molar refractivity (Wildman–Crippen MR) is 129 cm³/mol. The van der Waals surface area contributed by atoms with E-state index in [2.05, 4.69) is 21.9 Å². The lowest BCUT2D eigenvalue weighted by Crippen LogP contribution is -2.44. The molecule has 4 rings (SSSR count). The Bertz CT molecular complexity index is 944. The molecule has 2 aliphatic heterocycles. The van der Waals surface area contributed by atoms with Crippen molar-refractivity contribution in [2.75, 3.05) is 54.1 Å². The lowest BCUT2D eigenvalue weighted by molar-refractivity contribution is -0.131. The number of piperidine rings is 1. The molecule has 2 aromatic rings. The maximum atomic E-state index is 13.1. The number of nitrogens with zero attached hydrogens (tertiary/aromatic N) is 2. The number of rotatable bonds is 8. The summed E-state index contributed by atoms with van der Waals surface area (Å²) < 4.78 is 16.2. The van der Waals surface area contributed by atoms with E-state index in [1.165, 1.54) is 24.0 Å². The fourth-order valence-electron chi connectivity index (χ4n) is 5.10. The molecule has 0 radical (unpaired) electrons. The van der Waals surface area contributed by atoms with Gasteiger partial charge in [0.1, 0.15) is 5.75 Å². The third-order valence-corrected chi connectivity index (χ3v) is 7.01. The quantitative estimate of drug-likeness (QED) is 0.613. The van der Waals surface area contributed by atoms with Crippen LogP contribution < -0.4 is 14.2 Å². The minimum absolute atomic E-state index is 0.219. The molecule has 6 heteroatoms. The van der Waals surface area contributed by atoms with Crippen LogP contribution in [0.3, 0.4) is 0 Å². The van der Waals surface area contributed by atoms with E-state index in [9.17, 15) is 4.79 Å². The fraction of sp³-hybridized carbons (Fsp3) is 0.519. The molecule has 1 fully saturated rings. The Morgan fingerprint density at radius 1 is 0.939 bits per heavy atom. The number of amides is 1. The summed E-state index contributed by atoms with van der Waals surface area (Å²) in [5, 5.41) is 0. The van der Waals surface area contributed by atoms with E-state index >= 15 is 0 Å². The molecule has 2 heterocycles. The molecule has 0 N–H and O–H groups in total. The first kappa shape index (κ1) is 23.4. The van der Waals surface area contributed by atoms with Gasteiger partial charge in [-0.2, -0.15) is 0 Å². The molecule has 1 unspecified atom stereocenters. The van der Waals surface area contributed by atoms with E-state index in [1.807, 2.05) is 24.3 Å². The first-order valence-corrected chi connectivity index (χ1v) is 12.0. The van der Waals surface area contributed by atoms with Gasteiger partial charge < -0.3 is 24.0 Å². The number of carbonyl (C=O) groups excluding carboxylic acids is 1. The van der Waals surface area contributed by atoms with Crippen LogP contribution in [0.2, 0.25) is 0 Å². The summed E-state index contributed by atoms with van der Waals surface area (Å²) in [6.45, 7) is 4.88. The van der Waals surface area contributed by atoms with Crippen molar-refractivity contribution in [3.63, 3.8) is 0 Å². The van der Waals surface area contributed by atoms with Gasteiger partial charge in [0.2, 0.25) is 5.91 Å². The zero-order chi connectivity index (χ0) is 23.2. The number of fused-ring (bicyclic) bond motifs is 1. The van der Waals surface area contributed by atoms with Gasteiger partial charge in [0.05, 0.1) is 27.8 Å². The molecule has 178 valence electrons. The van der Waals surface area contributed by atoms with Gasteiger partial charge >= 0.3 is 0 Å².